The van der Waals surface area contributed by atoms with Crippen molar-refractivity contribution in [3.05, 3.63) is 18.0 Å². The molecule has 80 valence electrons. The molecule has 1 aliphatic rings. The zero-order chi connectivity index (χ0) is 10.7. The highest BCUT2D eigenvalue weighted by atomic mass is 16.6. The molecule has 1 aliphatic heterocycles. The van der Waals surface area contributed by atoms with Gasteiger partial charge >= 0.3 is 6.01 Å². The van der Waals surface area contributed by atoms with E-state index >= 15 is 0 Å². The van der Waals surface area contributed by atoms with Gasteiger partial charge in [0.15, 0.2) is 0 Å². The first kappa shape index (κ1) is 9.85. The summed E-state index contributed by atoms with van der Waals surface area (Å²) in [5.74, 6) is -0.593. The number of primary amides is 1. The molecule has 0 aliphatic carbocycles. The normalized spacial score (nSPS) is 20.1. The Labute approximate surface area is 86.4 Å². The van der Waals surface area contributed by atoms with Crippen LogP contribution in [0.1, 0.15) is 16.9 Å². The van der Waals surface area contributed by atoms with Gasteiger partial charge in [-0.25, -0.2) is 4.98 Å². The minimum atomic E-state index is -0.593. The first-order chi connectivity index (χ1) is 7.25. The van der Waals surface area contributed by atoms with Gasteiger partial charge < -0.3 is 15.2 Å². The standard InChI is InChI=1S/C9H11N3O3/c10-8(13)7-1-3-11-9(12-7)15-6-2-4-14-5-6/h1,3,6H,2,4-5H2,(H2,10,13)/t6-/m0/s1. The Bertz CT molecular complexity index is 363. The van der Waals surface area contributed by atoms with Gasteiger partial charge in [-0.1, -0.05) is 0 Å². The lowest BCUT2D eigenvalue weighted by atomic mass is 10.3. The molecule has 0 unspecified atom stereocenters. The van der Waals surface area contributed by atoms with Gasteiger partial charge in [0.2, 0.25) is 0 Å². The van der Waals surface area contributed by atoms with Crippen molar-refractivity contribution >= 4 is 5.91 Å². The van der Waals surface area contributed by atoms with E-state index in [0.717, 1.165) is 6.42 Å². The third kappa shape index (κ3) is 2.41. The van der Waals surface area contributed by atoms with Crippen molar-refractivity contribution in [2.45, 2.75) is 12.5 Å². The van der Waals surface area contributed by atoms with Crippen molar-refractivity contribution in [3.8, 4) is 6.01 Å². The monoisotopic (exact) mass is 209 g/mol. The predicted octanol–water partition coefficient (Wildman–Crippen LogP) is -0.257. The molecule has 2 rings (SSSR count). The van der Waals surface area contributed by atoms with Crippen LogP contribution < -0.4 is 10.5 Å². The average Bonchev–Trinajstić information content (AvgIpc) is 2.71. The smallest absolute Gasteiger partial charge is 0.317 e. The van der Waals surface area contributed by atoms with Crippen molar-refractivity contribution in [1.29, 1.82) is 0 Å². The van der Waals surface area contributed by atoms with E-state index in [9.17, 15) is 4.79 Å². The number of aromatic nitrogens is 2. The lowest BCUT2D eigenvalue weighted by molar-refractivity contribution is 0.0991. The van der Waals surface area contributed by atoms with E-state index < -0.39 is 5.91 Å². The molecule has 1 amide bonds. The molecule has 1 aromatic heterocycles. The SMILES string of the molecule is NC(=O)c1ccnc(O[C@H]2CCOC2)n1. The highest BCUT2D eigenvalue weighted by molar-refractivity contribution is 5.90. The Morgan fingerprint density at radius 3 is 3.20 bits per heavy atom. The fourth-order valence-electron chi connectivity index (χ4n) is 1.29. The molecule has 15 heavy (non-hydrogen) atoms. The molecule has 0 spiro atoms. The van der Waals surface area contributed by atoms with Crippen LogP contribution in [-0.4, -0.2) is 35.2 Å². The van der Waals surface area contributed by atoms with E-state index in [1.165, 1.54) is 12.3 Å². The van der Waals surface area contributed by atoms with Gasteiger partial charge in [0.25, 0.3) is 5.91 Å². The summed E-state index contributed by atoms with van der Waals surface area (Å²) in [6, 6.07) is 1.61. The number of nitrogens with two attached hydrogens (primary N) is 1. The molecule has 2 heterocycles. The van der Waals surface area contributed by atoms with Crippen molar-refractivity contribution in [2.24, 2.45) is 5.73 Å². The van der Waals surface area contributed by atoms with Crippen LogP contribution in [0.4, 0.5) is 0 Å². The van der Waals surface area contributed by atoms with E-state index in [2.05, 4.69) is 9.97 Å². The topological polar surface area (TPSA) is 87.3 Å². The first-order valence-electron chi connectivity index (χ1n) is 4.63. The Morgan fingerprint density at radius 1 is 1.67 bits per heavy atom. The van der Waals surface area contributed by atoms with Crippen LogP contribution in [0.15, 0.2) is 12.3 Å². The zero-order valence-corrected chi connectivity index (χ0v) is 8.05. The van der Waals surface area contributed by atoms with Crippen LogP contribution in [0.5, 0.6) is 6.01 Å². The summed E-state index contributed by atoms with van der Waals surface area (Å²) in [6.07, 6.45) is 2.22. The van der Waals surface area contributed by atoms with Gasteiger partial charge in [-0.2, -0.15) is 4.98 Å². The van der Waals surface area contributed by atoms with E-state index in [1.54, 1.807) is 0 Å². The maximum atomic E-state index is 10.8. The molecular weight excluding hydrogens is 198 g/mol. The van der Waals surface area contributed by atoms with Gasteiger partial charge in [0, 0.05) is 12.6 Å². The maximum Gasteiger partial charge on any atom is 0.317 e. The summed E-state index contributed by atoms with van der Waals surface area (Å²) in [6.45, 7) is 1.21. The van der Waals surface area contributed by atoms with E-state index in [1.807, 2.05) is 0 Å². The van der Waals surface area contributed by atoms with Gasteiger partial charge in [-0.05, 0) is 6.07 Å². The number of nitrogens with zero attached hydrogens (tertiary/aromatic N) is 2. The second kappa shape index (κ2) is 4.22. The third-order valence-corrected chi connectivity index (χ3v) is 2.05. The second-order valence-electron chi connectivity index (χ2n) is 3.19. The molecule has 0 aromatic carbocycles. The summed E-state index contributed by atoms with van der Waals surface area (Å²) < 4.78 is 10.5. The van der Waals surface area contributed by atoms with Crippen molar-refractivity contribution < 1.29 is 14.3 Å². The summed E-state index contributed by atoms with van der Waals surface area (Å²) in [7, 11) is 0. The number of carbonyl (C=O) groups is 1. The highest BCUT2D eigenvalue weighted by Crippen LogP contribution is 2.11. The minimum absolute atomic E-state index is 0.0341. The van der Waals surface area contributed by atoms with E-state index in [-0.39, 0.29) is 17.8 Å². The van der Waals surface area contributed by atoms with Gasteiger partial charge in [-0.15, -0.1) is 0 Å². The van der Waals surface area contributed by atoms with Crippen molar-refractivity contribution in [2.75, 3.05) is 13.2 Å². The van der Waals surface area contributed by atoms with Crippen LogP contribution in [0.25, 0.3) is 0 Å². The predicted molar refractivity (Wildman–Crippen MR) is 50.4 cm³/mol. The van der Waals surface area contributed by atoms with Crippen molar-refractivity contribution in [1.82, 2.24) is 9.97 Å². The quantitative estimate of drug-likeness (QED) is 0.741. The summed E-state index contributed by atoms with van der Waals surface area (Å²) in [5.41, 5.74) is 5.23. The molecule has 0 saturated carbocycles. The van der Waals surface area contributed by atoms with Crippen LogP contribution >= 0.6 is 0 Å². The largest absolute Gasteiger partial charge is 0.458 e. The fourth-order valence-corrected chi connectivity index (χ4v) is 1.29. The molecule has 1 fully saturated rings. The van der Waals surface area contributed by atoms with Gasteiger partial charge in [0.05, 0.1) is 13.2 Å². The Balaban J connectivity index is 2.07. The maximum absolute atomic E-state index is 10.8. The lowest BCUT2D eigenvalue weighted by Gasteiger charge is -2.09. The average molecular weight is 209 g/mol. The van der Waals surface area contributed by atoms with Crippen LogP contribution in [0, 0.1) is 0 Å². The minimum Gasteiger partial charge on any atom is -0.458 e. The summed E-state index contributed by atoms with van der Waals surface area (Å²) in [4.78, 5) is 18.6. The molecule has 6 nitrogen and oxygen atoms in total. The molecule has 1 saturated heterocycles. The summed E-state index contributed by atoms with van der Waals surface area (Å²) in [5, 5.41) is 0. The molecule has 1 aromatic rings. The molecule has 1 atom stereocenters. The van der Waals surface area contributed by atoms with E-state index in [4.69, 9.17) is 15.2 Å². The van der Waals surface area contributed by atoms with E-state index in [0.29, 0.717) is 13.2 Å². The molecular formula is C9H11N3O3. The van der Waals surface area contributed by atoms with Crippen LogP contribution in [-0.2, 0) is 4.74 Å². The zero-order valence-electron chi connectivity index (χ0n) is 8.05. The Kier molecular flexibility index (Phi) is 2.77. The number of hydrogen-bond donors (Lipinski definition) is 1. The third-order valence-electron chi connectivity index (χ3n) is 2.05. The second-order valence-corrected chi connectivity index (χ2v) is 3.19. The fraction of sp³-hybridized carbons (Fsp3) is 0.444. The molecule has 0 bridgehead atoms. The Morgan fingerprint density at radius 2 is 2.53 bits per heavy atom. The van der Waals surface area contributed by atoms with Gasteiger partial charge in [-0.3, -0.25) is 4.79 Å². The molecule has 6 heteroatoms. The van der Waals surface area contributed by atoms with Crippen LogP contribution in [0.2, 0.25) is 0 Å². The number of hydrogen-bond acceptors (Lipinski definition) is 5. The number of carbonyl (C=O) groups excluding carboxylic acids is 1. The highest BCUT2D eigenvalue weighted by Gasteiger charge is 2.18. The van der Waals surface area contributed by atoms with Crippen LogP contribution in [0.3, 0.4) is 0 Å². The number of amides is 1. The summed E-state index contributed by atoms with van der Waals surface area (Å²) >= 11 is 0. The van der Waals surface area contributed by atoms with Crippen molar-refractivity contribution in [3.63, 3.8) is 0 Å². The Hall–Kier alpha value is -1.69. The first-order valence-corrected chi connectivity index (χ1v) is 4.63. The molecule has 2 N–H and O–H groups in total. The number of rotatable bonds is 3. The number of ether oxygens (including phenoxy) is 2. The van der Waals surface area contributed by atoms with Gasteiger partial charge in [0.1, 0.15) is 11.8 Å². The molecule has 0 radical (unpaired) electrons. The lowest BCUT2D eigenvalue weighted by Crippen LogP contribution is -2.19.